The van der Waals surface area contributed by atoms with Gasteiger partial charge in [-0.3, -0.25) is 0 Å². The fraction of sp³-hybridized carbons (Fsp3) is 0.259. The molecule has 0 saturated heterocycles. The van der Waals surface area contributed by atoms with Crippen LogP contribution in [0.5, 0.6) is 5.75 Å². The summed E-state index contributed by atoms with van der Waals surface area (Å²) in [5.74, 6) is 6.24. The lowest BCUT2D eigenvalue weighted by Crippen LogP contribution is -2.37. The van der Waals surface area contributed by atoms with Gasteiger partial charge < -0.3 is 4.74 Å². The molecule has 1 saturated carbocycles. The summed E-state index contributed by atoms with van der Waals surface area (Å²) in [6, 6.07) is 26.0. The van der Waals surface area contributed by atoms with Crippen molar-refractivity contribution < 1.29 is 9.13 Å². The molecule has 0 bridgehead atoms. The van der Waals surface area contributed by atoms with Crippen LogP contribution in [0.3, 0.4) is 0 Å². The SMILES string of the molecule is CC#CC1(Oc2cc([S+](c3ccccc3)c3ccccc3)ccc2F)CCCCC1. The van der Waals surface area contributed by atoms with E-state index in [1.54, 1.807) is 0 Å². The molecule has 0 radical (unpaired) electrons. The second kappa shape index (κ2) is 9.41. The van der Waals surface area contributed by atoms with Crippen molar-refractivity contribution in [3.05, 3.63) is 84.7 Å². The average Bonchev–Trinajstić information content (AvgIpc) is 2.78. The zero-order valence-corrected chi connectivity index (χ0v) is 18.1. The summed E-state index contributed by atoms with van der Waals surface area (Å²) in [6.45, 7) is 1.83. The van der Waals surface area contributed by atoms with E-state index in [2.05, 4.69) is 36.1 Å². The zero-order chi connectivity index (χ0) is 20.8. The third-order valence-electron chi connectivity index (χ3n) is 5.42. The van der Waals surface area contributed by atoms with Gasteiger partial charge in [0.25, 0.3) is 0 Å². The van der Waals surface area contributed by atoms with Gasteiger partial charge in [0.15, 0.2) is 31.9 Å². The van der Waals surface area contributed by atoms with Crippen LogP contribution in [0.2, 0.25) is 0 Å². The summed E-state index contributed by atoms with van der Waals surface area (Å²) < 4.78 is 21.2. The molecule has 0 spiro atoms. The van der Waals surface area contributed by atoms with E-state index in [4.69, 9.17) is 4.74 Å². The number of hydrogen-bond acceptors (Lipinski definition) is 1. The highest BCUT2D eigenvalue weighted by molar-refractivity contribution is 7.97. The number of halogens is 1. The molecule has 1 aliphatic carbocycles. The molecule has 1 fully saturated rings. The van der Waals surface area contributed by atoms with Crippen molar-refractivity contribution in [2.24, 2.45) is 0 Å². The predicted molar refractivity (Wildman–Crippen MR) is 121 cm³/mol. The molecule has 0 aromatic heterocycles. The van der Waals surface area contributed by atoms with Gasteiger partial charge in [0.2, 0.25) is 0 Å². The Labute approximate surface area is 181 Å². The van der Waals surface area contributed by atoms with Gasteiger partial charge in [0, 0.05) is 6.07 Å². The van der Waals surface area contributed by atoms with Crippen LogP contribution in [0.4, 0.5) is 4.39 Å². The molecule has 3 aromatic carbocycles. The highest BCUT2D eigenvalue weighted by atomic mass is 32.2. The van der Waals surface area contributed by atoms with E-state index in [-0.39, 0.29) is 16.7 Å². The minimum Gasteiger partial charge on any atom is -0.471 e. The second-order valence-corrected chi connectivity index (χ2v) is 9.58. The lowest BCUT2D eigenvalue weighted by Gasteiger charge is -2.33. The van der Waals surface area contributed by atoms with Crippen molar-refractivity contribution in [1.29, 1.82) is 0 Å². The third kappa shape index (κ3) is 4.55. The van der Waals surface area contributed by atoms with Gasteiger partial charge in [0.05, 0.1) is 10.9 Å². The molecule has 4 rings (SSSR count). The molecule has 0 N–H and O–H groups in total. The fourth-order valence-corrected chi connectivity index (χ4v) is 6.13. The highest BCUT2D eigenvalue weighted by Crippen LogP contribution is 2.37. The molecular weight excluding hydrogens is 391 g/mol. The largest absolute Gasteiger partial charge is 0.471 e. The zero-order valence-electron chi connectivity index (χ0n) is 17.2. The van der Waals surface area contributed by atoms with Crippen molar-refractivity contribution in [2.45, 2.75) is 59.3 Å². The molecule has 3 aromatic rings. The summed E-state index contributed by atoms with van der Waals surface area (Å²) in [7, 11) is -0.340. The molecule has 3 heteroatoms. The average molecular weight is 418 g/mol. The molecule has 0 heterocycles. The van der Waals surface area contributed by atoms with Crippen molar-refractivity contribution in [1.82, 2.24) is 0 Å². The van der Waals surface area contributed by atoms with Gasteiger partial charge in [-0.1, -0.05) is 48.7 Å². The van der Waals surface area contributed by atoms with Crippen LogP contribution >= 0.6 is 0 Å². The number of hydrogen-bond donors (Lipinski definition) is 0. The monoisotopic (exact) mass is 417 g/mol. The molecule has 1 nitrogen and oxygen atoms in total. The first kappa shape index (κ1) is 20.6. The number of ether oxygens (including phenoxy) is 1. The minimum absolute atomic E-state index is 0.307. The van der Waals surface area contributed by atoms with Crippen LogP contribution in [0.1, 0.15) is 39.0 Å². The van der Waals surface area contributed by atoms with E-state index >= 15 is 0 Å². The van der Waals surface area contributed by atoms with Crippen molar-refractivity contribution in [3.8, 4) is 17.6 Å². The van der Waals surface area contributed by atoms with Gasteiger partial charge >= 0.3 is 0 Å². The first-order valence-corrected chi connectivity index (χ1v) is 11.7. The lowest BCUT2D eigenvalue weighted by atomic mass is 9.85. The first-order valence-electron chi connectivity index (χ1n) is 10.5. The molecular formula is C27H26FOS+. The highest BCUT2D eigenvalue weighted by Gasteiger charge is 2.35. The van der Waals surface area contributed by atoms with E-state index < -0.39 is 5.60 Å². The Morgan fingerprint density at radius 1 is 0.800 bits per heavy atom. The Morgan fingerprint density at radius 2 is 1.40 bits per heavy atom. The molecule has 0 atom stereocenters. The summed E-state index contributed by atoms with van der Waals surface area (Å²) >= 11 is 0. The van der Waals surface area contributed by atoms with Gasteiger partial charge in [-0.15, -0.1) is 5.92 Å². The summed E-state index contributed by atoms with van der Waals surface area (Å²) in [4.78, 5) is 3.43. The first-order chi connectivity index (χ1) is 14.7. The smallest absolute Gasteiger partial charge is 0.170 e. The topological polar surface area (TPSA) is 9.23 Å². The van der Waals surface area contributed by atoms with Crippen LogP contribution in [0, 0.1) is 17.7 Å². The Hall–Kier alpha value is -2.70. The van der Waals surface area contributed by atoms with Crippen LogP contribution < -0.4 is 4.74 Å². The maximum atomic E-state index is 14.8. The minimum atomic E-state index is -0.579. The summed E-state index contributed by atoms with van der Waals surface area (Å²) in [5, 5.41) is 0. The Bertz CT molecular complexity index is 991. The molecule has 0 aliphatic heterocycles. The van der Waals surface area contributed by atoms with Crippen molar-refractivity contribution >= 4 is 10.9 Å². The maximum Gasteiger partial charge on any atom is 0.170 e. The normalized spacial score (nSPS) is 15.3. The lowest BCUT2D eigenvalue weighted by molar-refractivity contribution is 0.0820. The molecule has 152 valence electrons. The number of benzene rings is 3. The number of rotatable bonds is 5. The maximum absolute atomic E-state index is 14.8. The Morgan fingerprint density at radius 3 is 1.97 bits per heavy atom. The molecule has 0 amide bonds. The van der Waals surface area contributed by atoms with E-state index in [1.807, 2.05) is 55.5 Å². The molecule has 1 aliphatic rings. The molecule has 0 unspecified atom stereocenters. The molecule has 30 heavy (non-hydrogen) atoms. The second-order valence-electron chi connectivity index (χ2n) is 7.56. The van der Waals surface area contributed by atoms with Crippen LogP contribution in [0.15, 0.2) is 93.5 Å². The van der Waals surface area contributed by atoms with E-state index in [0.717, 1.165) is 30.6 Å². The quantitative estimate of drug-likeness (QED) is 0.320. The third-order valence-corrected chi connectivity index (χ3v) is 7.63. The van der Waals surface area contributed by atoms with E-state index in [1.165, 1.54) is 22.3 Å². The van der Waals surface area contributed by atoms with Crippen LogP contribution in [-0.4, -0.2) is 5.60 Å². The van der Waals surface area contributed by atoms with Gasteiger partial charge in [-0.05, 0) is 69.0 Å². The van der Waals surface area contributed by atoms with E-state index in [9.17, 15) is 4.39 Å². The standard InChI is InChI=1S/C27H26FOS/c1-2-18-27(19-10-5-11-20-27)29-26-21-24(16-17-25(26)28)30(22-12-6-3-7-13-22)23-14-8-4-9-15-23/h3-4,6-9,12-17,21H,5,10-11,19-20H2,1H3/q+1. The Kier molecular flexibility index (Phi) is 6.45. The van der Waals surface area contributed by atoms with E-state index in [0.29, 0.717) is 5.75 Å². The van der Waals surface area contributed by atoms with Crippen molar-refractivity contribution in [2.75, 3.05) is 0 Å². The summed E-state index contributed by atoms with van der Waals surface area (Å²) in [5.41, 5.74) is -0.579. The van der Waals surface area contributed by atoms with Gasteiger partial charge in [0.1, 0.15) is 0 Å². The fourth-order valence-electron chi connectivity index (χ4n) is 4.02. The summed E-state index contributed by atoms with van der Waals surface area (Å²) in [6.07, 6.45) is 5.01. The van der Waals surface area contributed by atoms with Crippen LogP contribution in [-0.2, 0) is 10.9 Å². The van der Waals surface area contributed by atoms with Crippen LogP contribution in [0.25, 0.3) is 0 Å². The predicted octanol–water partition coefficient (Wildman–Crippen LogP) is 7.03. The van der Waals surface area contributed by atoms with Gasteiger partial charge in [-0.25, -0.2) is 4.39 Å². The van der Waals surface area contributed by atoms with Gasteiger partial charge in [-0.2, -0.15) is 0 Å². The van der Waals surface area contributed by atoms with Crippen molar-refractivity contribution in [3.63, 3.8) is 0 Å². The Balaban J connectivity index is 1.75.